The number of carboxylic acids is 1. The zero-order chi connectivity index (χ0) is 19.4. The van der Waals surface area contributed by atoms with Gasteiger partial charge in [0, 0.05) is 24.7 Å². The first kappa shape index (κ1) is 18.2. The number of hydrogen-bond donors (Lipinski definition) is 2. The van der Waals surface area contributed by atoms with E-state index in [4.69, 9.17) is 0 Å². The molecular weight excluding hydrogens is 346 g/mol. The molecule has 0 saturated heterocycles. The van der Waals surface area contributed by atoms with Gasteiger partial charge in [-0.25, -0.2) is 4.68 Å². The van der Waals surface area contributed by atoms with Gasteiger partial charge < -0.3 is 10.4 Å². The van der Waals surface area contributed by atoms with Gasteiger partial charge in [-0.1, -0.05) is 42.5 Å². The normalized spacial score (nSPS) is 13.0. The average molecular weight is 365 g/mol. The van der Waals surface area contributed by atoms with Gasteiger partial charge >= 0.3 is 5.97 Å². The van der Waals surface area contributed by atoms with E-state index in [0.717, 1.165) is 5.56 Å². The molecule has 0 bridgehead atoms. The molecule has 0 fully saturated rings. The van der Waals surface area contributed by atoms with Gasteiger partial charge in [0.2, 0.25) is 5.91 Å². The van der Waals surface area contributed by atoms with Gasteiger partial charge in [-0.2, -0.15) is 0 Å². The van der Waals surface area contributed by atoms with Crippen LogP contribution in [-0.2, 0) is 22.1 Å². The van der Waals surface area contributed by atoms with Crippen LogP contribution in [0.5, 0.6) is 0 Å². The fourth-order valence-corrected chi connectivity index (χ4v) is 2.84. The number of amides is 1. The van der Waals surface area contributed by atoms with Crippen LogP contribution in [0.3, 0.4) is 0 Å². The Bertz CT molecular complexity index is 970. The molecule has 3 rings (SSSR count). The molecule has 138 valence electrons. The maximum Gasteiger partial charge on any atom is 0.314 e. The van der Waals surface area contributed by atoms with E-state index in [1.54, 1.807) is 62.5 Å². The maximum atomic E-state index is 12.6. The van der Waals surface area contributed by atoms with E-state index in [1.165, 1.54) is 4.68 Å². The van der Waals surface area contributed by atoms with Crippen LogP contribution in [0.1, 0.15) is 18.9 Å². The van der Waals surface area contributed by atoms with Gasteiger partial charge in [-0.05, 0) is 35.0 Å². The second kappa shape index (κ2) is 7.36. The Hall–Kier alpha value is -3.55. The van der Waals surface area contributed by atoms with Crippen molar-refractivity contribution in [3.63, 3.8) is 0 Å². The standard InChI is InChI=1S/C19H19N5O3/c1-19(18(26)27,14-8-4-3-5-9-14)12-16(25)20-15-10-6-7-13(11-15)17-21-22-23-24(17)2/h3-11H,12H2,1-2H3,(H,20,25)(H,26,27)/t19-/m0/s1. The Kier molecular flexibility index (Phi) is 4.98. The lowest BCUT2D eigenvalue weighted by atomic mass is 9.79. The number of tetrazole rings is 1. The van der Waals surface area contributed by atoms with Crippen LogP contribution in [0.2, 0.25) is 0 Å². The quantitative estimate of drug-likeness (QED) is 0.693. The molecule has 1 atom stereocenters. The number of benzene rings is 2. The number of carbonyl (C=O) groups is 2. The molecule has 0 saturated carbocycles. The summed E-state index contributed by atoms with van der Waals surface area (Å²) in [6.45, 7) is 1.55. The minimum Gasteiger partial charge on any atom is -0.481 e. The Morgan fingerprint density at radius 2 is 1.89 bits per heavy atom. The van der Waals surface area contributed by atoms with E-state index in [1.807, 2.05) is 6.07 Å². The van der Waals surface area contributed by atoms with Crippen molar-refractivity contribution in [1.82, 2.24) is 20.2 Å². The van der Waals surface area contributed by atoms with E-state index in [9.17, 15) is 14.7 Å². The van der Waals surface area contributed by atoms with Crippen LogP contribution < -0.4 is 5.32 Å². The number of carboxylic acid groups (broad SMARTS) is 1. The van der Waals surface area contributed by atoms with Crippen molar-refractivity contribution in [1.29, 1.82) is 0 Å². The summed E-state index contributed by atoms with van der Waals surface area (Å²) in [7, 11) is 1.72. The molecule has 0 radical (unpaired) electrons. The maximum absolute atomic E-state index is 12.6. The number of anilines is 1. The second-order valence-corrected chi connectivity index (χ2v) is 6.44. The van der Waals surface area contributed by atoms with Crippen molar-refractivity contribution >= 4 is 17.6 Å². The minimum atomic E-state index is -1.32. The summed E-state index contributed by atoms with van der Waals surface area (Å²) in [6.07, 6.45) is -0.192. The summed E-state index contributed by atoms with van der Waals surface area (Å²) in [4.78, 5) is 24.4. The van der Waals surface area contributed by atoms with Gasteiger partial charge in [0.1, 0.15) is 0 Å². The monoisotopic (exact) mass is 365 g/mol. The highest BCUT2D eigenvalue weighted by Gasteiger charge is 2.37. The first-order valence-electron chi connectivity index (χ1n) is 8.32. The van der Waals surface area contributed by atoms with Gasteiger partial charge in [0.25, 0.3) is 0 Å². The van der Waals surface area contributed by atoms with Crippen molar-refractivity contribution in [2.24, 2.45) is 7.05 Å². The first-order chi connectivity index (χ1) is 12.9. The molecule has 2 N–H and O–H groups in total. The average Bonchev–Trinajstić information content (AvgIpc) is 3.08. The lowest BCUT2D eigenvalue weighted by Gasteiger charge is -2.24. The lowest BCUT2D eigenvalue weighted by Crippen LogP contribution is -2.36. The highest BCUT2D eigenvalue weighted by molar-refractivity contribution is 5.96. The van der Waals surface area contributed by atoms with Crippen molar-refractivity contribution in [2.75, 3.05) is 5.32 Å². The Morgan fingerprint density at radius 3 is 2.52 bits per heavy atom. The number of aliphatic carboxylic acids is 1. The first-order valence-corrected chi connectivity index (χ1v) is 8.32. The van der Waals surface area contributed by atoms with Crippen LogP contribution in [0.25, 0.3) is 11.4 Å². The molecule has 0 unspecified atom stereocenters. The molecular formula is C19H19N5O3. The third kappa shape index (κ3) is 3.84. The summed E-state index contributed by atoms with van der Waals surface area (Å²) in [5, 5.41) is 23.8. The molecule has 8 nitrogen and oxygen atoms in total. The third-order valence-electron chi connectivity index (χ3n) is 4.42. The molecule has 3 aromatic rings. The summed E-state index contributed by atoms with van der Waals surface area (Å²) < 4.78 is 1.53. The molecule has 0 aliphatic rings. The Balaban J connectivity index is 1.79. The topological polar surface area (TPSA) is 110 Å². The van der Waals surface area contributed by atoms with Crippen LogP contribution in [0.4, 0.5) is 5.69 Å². The summed E-state index contributed by atoms with van der Waals surface area (Å²) >= 11 is 0. The number of nitrogens with one attached hydrogen (secondary N) is 1. The number of hydrogen-bond acceptors (Lipinski definition) is 5. The SMILES string of the molecule is Cn1nnnc1-c1cccc(NC(=O)C[C@](C)(C(=O)O)c2ccccc2)c1. The number of nitrogens with zero attached hydrogens (tertiary/aromatic N) is 4. The smallest absolute Gasteiger partial charge is 0.314 e. The van der Waals surface area contributed by atoms with Crippen LogP contribution in [-0.4, -0.2) is 37.2 Å². The number of carbonyl (C=O) groups excluding carboxylic acids is 1. The number of aryl methyl sites for hydroxylation is 1. The van der Waals surface area contributed by atoms with Crippen molar-refractivity contribution < 1.29 is 14.7 Å². The second-order valence-electron chi connectivity index (χ2n) is 6.44. The molecule has 0 aliphatic heterocycles. The number of rotatable bonds is 6. The van der Waals surface area contributed by atoms with E-state index in [-0.39, 0.29) is 6.42 Å². The Morgan fingerprint density at radius 1 is 1.15 bits per heavy atom. The summed E-state index contributed by atoms with van der Waals surface area (Å²) in [5.41, 5.74) is 0.536. The predicted octanol–water partition coefficient (Wildman–Crippen LogP) is 2.25. The van der Waals surface area contributed by atoms with E-state index < -0.39 is 17.3 Å². The Labute approximate surface area is 155 Å². The summed E-state index contributed by atoms with van der Waals surface area (Å²) in [5.74, 6) is -0.884. The van der Waals surface area contributed by atoms with Gasteiger partial charge in [-0.3, -0.25) is 9.59 Å². The fourth-order valence-electron chi connectivity index (χ4n) is 2.84. The van der Waals surface area contributed by atoms with E-state index in [2.05, 4.69) is 20.8 Å². The minimum absolute atomic E-state index is 0.192. The highest BCUT2D eigenvalue weighted by Crippen LogP contribution is 2.29. The van der Waals surface area contributed by atoms with Gasteiger partial charge in [0.15, 0.2) is 5.82 Å². The molecule has 8 heteroatoms. The van der Waals surface area contributed by atoms with Crippen molar-refractivity contribution in [3.05, 3.63) is 60.2 Å². The molecule has 0 spiro atoms. The van der Waals surface area contributed by atoms with Gasteiger partial charge in [0.05, 0.1) is 5.41 Å². The third-order valence-corrected chi connectivity index (χ3v) is 4.42. The predicted molar refractivity (Wildman–Crippen MR) is 98.9 cm³/mol. The van der Waals surface area contributed by atoms with Gasteiger partial charge in [-0.15, -0.1) is 5.10 Å². The molecule has 1 aromatic heterocycles. The zero-order valence-corrected chi connectivity index (χ0v) is 15.0. The molecule has 27 heavy (non-hydrogen) atoms. The van der Waals surface area contributed by atoms with E-state index in [0.29, 0.717) is 17.1 Å². The lowest BCUT2D eigenvalue weighted by molar-refractivity contribution is -0.145. The highest BCUT2D eigenvalue weighted by atomic mass is 16.4. The molecule has 1 amide bonds. The molecule has 1 heterocycles. The van der Waals surface area contributed by atoms with Crippen molar-refractivity contribution in [3.8, 4) is 11.4 Å². The zero-order valence-electron chi connectivity index (χ0n) is 15.0. The van der Waals surface area contributed by atoms with Crippen LogP contribution >= 0.6 is 0 Å². The molecule has 2 aromatic carbocycles. The van der Waals surface area contributed by atoms with Crippen molar-refractivity contribution in [2.45, 2.75) is 18.8 Å². The van der Waals surface area contributed by atoms with Crippen LogP contribution in [0, 0.1) is 0 Å². The van der Waals surface area contributed by atoms with E-state index >= 15 is 0 Å². The largest absolute Gasteiger partial charge is 0.481 e. The molecule has 0 aliphatic carbocycles. The summed E-state index contributed by atoms with van der Waals surface area (Å²) in [6, 6.07) is 15.8. The van der Waals surface area contributed by atoms with Crippen LogP contribution in [0.15, 0.2) is 54.6 Å². The number of aromatic nitrogens is 4. The fraction of sp³-hybridized carbons (Fsp3) is 0.211.